The third kappa shape index (κ3) is 2.93. The first-order valence-electron chi connectivity index (χ1n) is 4.92. The Balaban J connectivity index is 2.76. The Bertz CT molecular complexity index is 325. The van der Waals surface area contributed by atoms with Gasteiger partial charge in [0, 0.05) is 4.91 Å². The summed E-state index contributed by atoms with van der Waals surface area (Å²) < 4.78 is 10.8. The van der Waals surface area contributed by atoms with Crippen LogP contribution in [0.15, 0.2) is 5.11 Å². The van der Waals surface area contributed by atoms with Crippen molar-refractivity contribution in [2.45, 2.75) is 44.9 Å². The smallest absolute Gasteiger partial charge is 0.164 e. The van der Waals surface area contributed by atoms with Crippen LogP contribution in [0.4, 0.5) is 0 Å². The van der Waals surface area contributed by atoms with Gasteiger partial charge in [-0.15, -0.1) is 0 Å². The van der Waals surface area contributed by atoms with Crippen LogP contribution in [0.25, 0.3) is 10.4 Å². The monoisotopic (exact) mass is 229 g/mol. The van der Waals surface area contributed by atoms with Crippen LogP contribution in [-0.2, 0) is 14.3 Å². The lowest BCUT2D eigenvalue weighted by molar-refractivity contribution is -0.158. The predicted octanol–water partition coefficient (Wildman–Crippen LogP) is 0.767. The second-order valence-electron chi connectivity index (χ2n) is 4.11. The molecule has 0 amide bonds. The van der Waals surface area contributed by atoms with Crippen molar-refractivity contribution in [1.29, 1.82) is 0 Å². The van der Waals surface area contributed by atoms with Gasteiger partial charge in [0.05, 0.1) is 12.6 Å². The molecule has 0 unspecified atom stereocenters. The van der Waals surface area contributed by atoms with E-state index in [9.17, 15) is 9.90 Å². The lowest BCUT2D eigenvalue weighted by Crippen LogP contribution is -2.40. The lowest BCUT2D eigenvalue weighted by atomic mass is 10.1. The zero-order valence-electron chi connectivity index (χ0n) is 9.45. The zero-order chi connectivity index (χ0) is 12.3. The Kier molecular flexibility index (Phi) is 3.88. The quantitative estimate of drug-likeness (QED) is 0.436. The van der Waals surface area contributed by atoms with Crippen molar-refractivity contribution in [2.24, 2.45) is 5.11 Å². The number of carbonyl (C=O) groups is 1. The fraction of sp³-hybridized carbons (Fsp3) is 0.889. The number of Topliss-reactive ketones (excluding diaryl/α,β-unsaturated/α-hetero) is 1. The number of hydrogen-bond donors (Lipinski definition) is 1. The molecule has 1 fully saturated rings. The molecule has 0 saturated carbocycles. The molecule has 7 nitrogen and oxygen atoms in total. The van der Waals surface area contributed by atoms with Gasteiger partial charge in [0.25, 0.3) is 0 Å². The van der Waals surface area contributed by atoms with Crippen LogP contribution in [-0.4, -0.2) is 41.5 Å². The number of ether oxygens (including phenoxy) is 2. The van der Waals surface area contributed by atoms with Crippen LogP contribution >= 0.6 is 0 Å². The first-order chi connectivity index (χ1) is 7.37. The van der Waals surface area contributed by atoms with Crippen molar-refractivity contribution in [3.05, 3.63) is 10.4 Å². The standard InChI is InChI=1S/C9H15N3O4/c1-5(13)7-8(6(14)4-11-12-10)16-9(2,3)15-7/h6-8,14H,4H2,1-3H3/t6-,7-,8+/m1/s1. The second kappa shape index (κ2) is 4.80. The molecule has 1 heterocycles. The van der Waals surface area contributed by atoms with Crippen molar-refractivity contribution in [1.82, 2.24) is 0 Å². The summed E-state index contributed by atoms with van der Waals surface area (Å²) in [6.45, 7) is 4.53. The number of aliphatic hydroxyl groups is 1. The molecule has 0 spiro atoms. The number of hydrogen-bond acceptors (Lipinski definition) is 5. The van der Waals surface area contributed by atoms with Crippen molar-refractivity contribution in [3.63, 3.8) is 0 Å². The van der Waals surface area contributed by atoms with E-state index in [1.54, 1.807) is 13.8 Å². The molecule has 0 aromatic carbocycles. The minimum Gasteiger partial charge on any atom is -0.390 e. The van der Waals surface area contributed by atoms with E-state index in [4.69, 9.17) is 15.0 Å². The van der Waals surface area contributed by atoms with E-state index in [0.717, 1.165) is 0 Å². The Morgan fingerprint density at radius 1 is 1.62 bits per heavy atom. The van der Waals surface area contributed by atoms with E-state index in [1.165, 1.54) is 6.92 Å². The molecule has 7 heteroatoms. The number of carbonyl (C=O) groups excluding carboxylic acids is 1. The van der Waals surface area contributed by atoms with Gasteiger partial charge in [0.2, 0.25) is 0 Å². The van der Waals surface area contributed by atoms with E-state index in [2.05, 4.69) is 10.0 Å². The summed E-state index contributed by atoms with van der Waals surface area (Å²) in [5.41, 5.74) is 8.14. The van der Waals surface area contributed by atoms with Crippen LogP contribution < -0.4 is 0 Å². The Morgan fingerprint density at radius 3 is 2.75 bits per heavy atom. The third-order valence-corrected chi connectivity index (χ3v) is 2.24. The SMILES string of the molecule is CC(=O)[C@H]1OC(C)(C)O[C@H]1[C@H](O)CN=[N+]=[N-]. The van der Waals surface area contributed by atoms with Crippen molar-refractivity contribution < 1.29 is 19.4 Å². The Hall–Kier alpha value is -1.14. The summed E-state index contributed by atoms with van der Waals surface area (Å²) in [5, 5.41) is 13.0. The summed E-state index contributed by atoms with van der Waals surface area (Å²) in [4.78, 5) is 13.8. The van der Waals surface area contributed by atoms with Crippen LogP contribution in [0.2, 0.25) is 0 Å². The molecule has 1 aliphatic heterocycles. The molecule has 1 N–H and O–H groups in total. The van der Waals surface area contributed by atoms with Gasteiger partial charge in [-0.3, -0.25) is 4.79 Å². The number of azide groups is 1. The molecule has 0 radical (unpaired) electrons. The molecule has 0 aromatic rings. The van der Waals surface area contributed by atoms with E-state index < -0.39 is 24.1 Å². The molecule has 3 atom stereocenters. The minimum atomic E-state index is -1.05. The van der Waals surface area contributed by atoms with Crippen molar-refractivity contribution in [3.8, 4) is 0 Å². The first kappa shape index (κ1) is 12.9. The number of rotatable bonds is 4. The average Bonchev–Trinajstić information content (AvgIpc) is 2.51. The highest BCUT2D eigenvalue weighted by molar-refractivity contribution is 5.81. The maximum Gasteiger partial charge on any atom is 0.164 e. The molecule has 0 bridgehead atoms. The topological polar surface area (TPSA) is 105 Å². The van der Waals surface area contributed by atoms with Gasteiger partial charge in [-0.05, 0) is 26.3 Å². The first-order valence-corrected chi connectivity index (χ1v) is 4.92. The normalized spacial score (nSPS) is 29.5. The van der Waals surface area contributed by atoms with Gasteiger partial charge in [0.1, 0.15) is 12.2 Å². The van der Waals surface area contributed by atoms with E-state index in [0.29, 0.717) is 0 Å². The van der Waals surface area contributed by atoms with Gasteiger partial charge in [0.15, 0.2) is 11.6 Å². The van der Waals surface area contributed by atoms with Gasteiger partial charge >= 0.3 is 0 Å². The predicted molar refractivity (Wildman–Crippen MR) is 54.5 cm³/mol. The molecular weight excluding hydrogens is 214 g/mol. The van der Waals surface area contributed by atoms with Crippen LogP contribution in [0.5, 0.6) is 0 Å². The van der Waals surface area contributed by atoms with Gasteiger partial charge in [-0.2, -0.15) is 0 Å². The largest absolute Gasteiger partial charge is 0.390 e. The highest BCUT2D eigenvalue weighted by atomic mass is 16.8. The van der Waals surface area contributed by atoms with Crippen LogP contribution in [0.3, 0.4) is 0 Å². The Morgan fingerprint density at radius 2 is 2.25 bits per heavy atom. The summed E-state index contributed by atoms with van der Waals surface area (Å²) in [5.74, 6) is -1.14. The van der Waals surface area contributed by atoms with Crippen molar-refractivity contribution in [2.75, 3.05) is 6.54 Å². The summed E-state index contributed by atoms with van der Waals surface area (Å²) in [7, 11) is 0. The minimum absolute atomic E-state index is 0.148. The number of ketones is 1. The lowest BCUT2D eigenvalue weighted by Gasteiger charge is -2.19. The molecular formula is C9H15N3O4. The Labute approximate surface area is 93.0 Å². The average molecular weight is 229 g/mol. The number of nitrogens with zero attached hydrogens (tertiary/aromatic N) is 3. The summed E-state index contributed by atoms with van der Waals surface area (Å²) in [6.07, 6.45) is -2.66. The second-order valence-corrected chi connectivity index (χ2v) is 4.11. The van der Waals surface area contributed by atoms with Gasteiger partial charge in [-0.1, -0.05) is 5.11 Å². The molecule has 1 saturated heterocycles. The fourth-order valence-electron chi connectivity index (χ4n) is 1.61. The highest BCUT2D eigenvalue weighted by Gasteiger charge is 2.46. The van der Waals surface area contributed by atoms with E-state index >= 15 is 0 Å². The van der Waals surface area contributed by atoms with E-state index in [-0.39, 0.29) is 12.3 Å². The fourth-order valence-corrected chi connectivity index (χ4v) is 1.61. The highest BCUT2D eigenvalue weighted by Crippen LogP contribution is 2.30. The van der Waals surface area contributed by atoms with Crippen molar-refractivity contribution >= 4 is 5.78 Å². The zero-order valence-corrected chi connectivity index (χ0v) is 9.45. The van der Waals surface area contributed by atoms with Crippen LogP contribution in [0.1, 0.15) is 20.8 Å². The van der Waals surface area contributed by atoms with Gasteiger partial charge < -0.3 is 14.6 Å². The molecule has 1 aliphatic rings. The molecule has 16 heavy (non-hydrogen) atoms. The van der Waals surface area contributed by atoms with Gasteiger partial charge in [-0.25, -0.2) is 0 Å². The summed E-state index contributed by atoms with van der Waals surface area (Å²) in [6, 6.07) is 0. The molecule has 0 aliphatic carbocycles. The molecule has 0 aromatic heterocycles. The van der Waals surface area contributed by atoms with Crippen LogP contribution in [0, 0.1) is 0 Å². The number of aliphatic hydroxyl groups excluding tert-OH is 1. The molecule has 90 valence electrons. The maximum absolute atomic E-state index is 11.3. The maximum atomic E-state index is 11.3. The van der Waals surface area contributed by atoms with E-state index in [1.807, 2.05) is 0 Å². The summed E-state index contributed by atoms with van der Waals surface area (Å²) >= 11 is 0. The molecule has 1 rings (SSSR count). The third-order valence-electron chi connectivity index (χ3n) is 2.24.